The molecule has 0 fully saturated rings. The Morgan fingerprint density at radius 1 is 1.73 bits per heavy atom. The van der Waals surface area contributed by atoms with Crippen LogP contribution in [-0.2, 0) is 4.74 Å². The molecule has 0 amide bonds. The van der Waals surface area contributed by atoms with Gasteiger partial charge in [-0.1, -0.05) is 0 Å². The number of hydrogen-bond acceptors (Lipinski definition) is 4. The van der Waals surface area contributed by atoms with Crippen LogP contribution in [0.2, 0.25) is 0 Å². The summed E-state index contributed by atoms with van der Waals surface area (Å²) >= 11 is 0. The zero-order chi connectivity index (χ0) is 8.53. The van der Waals surface area contributed by atoms with E-state index in [0.717, 1.165) is 19.4 Å². The van der Waals surface area contributed by atoms with Crippen molar-refractivity contribution in [3.05, 3.63) is 11.9 Å². The summed E-state index contributed by atoms with van der Waals surface area (Å²) in [7, 11) is 0. The Kier molecular flexibility index (Phi) is 6.42. The number of allylic oxidation sites excluding steroid dienone is 1. The normalized spacial score (nSPS) is 11.2. The molecule has 4 heteroatoms. The van der Waals surface area contributed by atoms with Crippen LogP contribution in [0.15, 0.2) is 11.9 Å². The molecule has 0 aliphatic heterocycles. The van der Waals surface area contributed by atoms with Crippen LogP contribution in [-0.4, -0.2) is 26.0 Å². The third kappa shape index (κ3) is 6.86. The van der Waals surface area contributed by atoms with Crippen LogP contribution in [0.3, 0.4) is 0 Å². The van der Waals surface area contributed by atoms with Gasteiger partial charge in [0.25, 0.3) is 0 Å². The summed E-state index contributed by atoms with van der Waals surface area (Å²) in [6, 6.07) is 0. The maximum atomic E-state index is 6.74. The van der Waals surface area contributed by atoms with Gasteiger partial charge in [0.15, 0.2) is 0 Å². The van der Waals surface area contributed by atoms with Crippen LogP contribution >= 0.6 is 0 Å². The van der Waals surface area contributed by atoms with Gasteiger partial charge in [-0.25, -0.2) is 0 Å². The van der Waals surface area contributed by atoms with E-state index in [2.05, 4.69) is 5.32 Å². The third-order valence-corrected chi connectivity index (χ3v) is 1.03. The molecule has 0 aromatic heterocycles. The van der Waals surface area contributed by atoms with Crippen LogP contribution < -0.4 is 11.1 Å². The lowest BCUT2D eigenvalue weighted by Crippen LogP contribution is -2.16. The summed E-state index contributed by atoms with van der Waals surface area (Å²) in [4.78, 5) is 0. The first kappa shape index (κ1) is 9.97. The minimum absolute atomic E-state index is 0.418. The van der Waals surface area contributed by atoms with Crippen molar-refractivity contribution in [1.29, 1.82) is 5.41 Å². The monoisotopic (exact) mass is 157 g/mol. The highest BCUT2D eigenvalue weighted by Gasteiger charge is 1.82. The van der Waals surface area contributed by atoms with Gasteiger partial charge in [0, 0.05) is 25.6 Å². The topological polar surface area (TPSA) is 71.1 Å². The molecule has 0 aromatic carbocycles. The molecule has 0 aliphatic carbocycles. The van der Waals surface area contributed by atoms with Crippen molar-refractivity contribution in [1.82, 2.24) is 5.32 Å². The molecule has 0 radical (unpaired) electrons. The maximum Gasteiger partial charge on any atom is 0.0652 e. The Morgan fingerprint density at radius 3 is 3.00 bits per heavy atom. The molecule has 4 N–H and O–H groups in total. The third-order valence-electron chi connectivity index (χ3n) is 1.03. The van der Waals surface area contributed by atoms with Gasteiger partial charge < -0.3 is 21.2 Å². The zero-order valence-corrected chi connectivity index (χ0v) is 6.76. The van der Waals surface area contributed by atoms with Gasteiger partial charge in [0.1, 0.15) is 0 Å². The first-order valence-electron chi connectivity index (χ1n) is 3.58. The molecule has 0 spiro atoms. The molecule has 0 saturated heterocycles. The molecule has 0 saturated carbocycles. The average Bonchev–Trinajstić information content (AvgIpc) is 2.04. The highest BCUT2D eigenvalue weighted by atomic mass is 16.5. The summed E-state index contributed by atoms with van der Waals surface area (Å²) in [6.07, 6.45) is 2.68. The minimum Gasteiger partial charge on any atom is -0.396 e. The van der Waals surface area contributed by atoms with Crippen molar-refractivity contribution >= 4 is 6.21 Å². The van der Waals surface area contributed by atoms with Crippen LogP contribution in [0.5, 0.6) is 0 Å². The maximum absolute atomic E-state index is 6.74. The molecule has 0 atom stereocenters. The summed E-state index contributed by atoms with van der Waals surface area (Å²) in [5.41, 5.74) is 5.72. The fraction of sp³-hybridized carbons (Fsp3) is 0.571. The Morgan fingerprint density at radius 2 is 2.45 bits per heavy atom. The van der Waals surface area contributed by atoms with E-state index in [-0.39, 0.29) is 0 Å². The quantitative estimate of drug-likeness (QED) is 0.377. The van der Waals surface area contributed by atoms with Crippen molar-refractivity contribution in [3.63, 3.8) is 0 Å². The van der Waals surface area contributed by atoms with E-state index in [0.29, 0.717) is 12.3 Å². The van der Waals surface area contributed by atoms with Crippen molar-refractivity contribution < 1.29 is 4.74 Å². The van der Waals surface area contributed by atoms with Crippen LogP contribution in [0.1, 0.15) is 6.92 Å². The fourth-order valence-electron chi connectivity index (χ4n) is 0.507. The van der Waals surface area contributed by atoms with Crippen molar-refractivity contribution in [2.45, 2.75) is 6.92 Å². The Bertz CT molecular complexity index is 134. The molecular weight excluding hydrogens is 142 g/mol. The largest absolute Gasteiger partial charge is 0.396 e. The van der Waals surface area contributed by atoms with Gasteiger partial charge in [0.2, 0.25) is 0 Å². The number of rotatable bonds is 6. The second-order valence-corrected chi connectivity index (χ2v) is 1.94. The van der Waals surface area contributed by atoms with E-state index < -0.39 is 0 Å². The van der Waals surface area contributed by atoms with Gasteiger partial charge in [-0.2, -0.15) is 0 Å². The van der Waals surface area contributed by atoms with E-state index in [9.17, 15) is 0 Å². The average molecular weight is 157 g/mol. The number of nitrogens with two attached hydrogens (primary N) is 1. The van der Waals surface area contributed by atoms with Gasteiger partial charge in [-0.05, 0) is 6.92 Å². The van der Waals surface area contributed by atoms with Gasteiger partial charge >= 0.3 is 0 Å². The van der Waals surface area contributed by atoms with Gasteiger partial charge in [-0.15, -0.1) is 0 Å². The second kappa shape index (κ2) is 7.08. The molecule has 0 aliphatic rings. The van der Waals surface area contributed by atoms with Gasteiger partial charge in [0.05, 0.1) is 12.3 Å². The Balaban J connectivity index is 3.19. The molecule has 0 bridgehead atoms. The van der Waals surface area contributed by atoms with Gasteiger partial charge in [-0.3, -0.25) is 0 Å². The lowest BCUT2D eigenvalue weighted by molar-refractivity contribution is 0.151. The smallest absolute Gasteiger partial charge is 0.0652 e. The van der Waals surface area contributed by atoms with Crippen molar-refractivity contribution in [2.24, 2.45) is 5.73 Å². The molecule has 0 unspecified atom stereocenters. The predicted molar refractivity (Wildman–Crippen MR) is 45.5 cm³/mol. The number of nitrogens with one attached hydrogen (secondary N) is 2. The minimum atomic E-state index is 0.418. The Labute approximate surface area is 66.9 Å². The van der Waals surface area contributed by atoms with E-state index in [1.165, 1.54) is 0 Å². The highest BCUT2D eigenvalue weighted by Crippen LogP contribution is 1.73. The van der Waals surface area contributed by atoms with E-state index in [1.807, 2.05) is 6.92 Å². The van der Waals surface area contributed by atoms with E-state index in [4.69, 9.17) is 15.9 Å². The SMILES string of the molecule is CCOCCN/C=C(/N)C=N. The lowest BCUT2D eigenvalue weighted by atomic mass is 10.5. The molecule has 0 heterocycles. The van der Waals surface area contributed by atoms with Crippen molar-refractivity contribution in [3.8, 4) is 0 Å². The first-order valence-corrected chi connectivity index (χ1v) is 3.58. The predicted octanol–water partition coefficient (Wildman–Crippen LogP) is 0.0622. The Hall–Kier alpha value is -1.03. The number of hydrogen-bond donors (Lipinski definition) is 3. The van der Waals surface area contributed by atoms with E-state index in [1.54, 1.807) is 6.20 Å². The zero-order valence-electron chi connectivity index (χ0n) is 6.76. The molecule has 11 heavy (non-hydrogen) atoms. The fourth-order valence-corrected chi connectivity index (χ4v) is 0.507. The second-order valence-electron chi connectivity index (χ2n) is 1.94. The summed E-state index contributed by atoms with van der Waals surface area (Å²) in [6.45, 7) is 4.06. The lowest BCUT2D eigenvalue weighted by Gasteiger charge is -2.00. The van der Waals surface area contributed by atoms with Crippen LogP contribution in [0, 0.1) is 5.41 Å². The molecule has 64 valence electrons. The molecule has 0 aromatic rings. The van der Waals surface area contributed by atoms with Crippen LogP contribution in [0.25, 0.3) is 0 Å². The summed E-state index contributed by atoms with van der Waals surface area (Å²) in [5.74, 6) is 0. The highest BCUT2D eigenvalue weighted by molar-refractivity contribution is 5.73. The molecular formula is C7H15N3O. The molecule has 4 nitrogen and oxygen atoms in total. The summed E-state index contributed by atoms with van der Waals surface area (Å²) < 4.78 is 5.06. The molecule has 0 rings (SSSR count). The summed E-state index contributed by atoms with van der Waals surface area (Å²) in [5, 5.41) is 9.64. The standard InChI is InChI=1S/C7H15N3O/c1-2-11-4-3-10-6-7(9)5-8/h5-6,8,10H,2-4,9H2,1H3/b7-6+,8-5?. The van der Waals surface area contributed by atoms with Crippen molar-refractivity contribution in [2.75, 3.05) is 19.8 Å². The number of ether oxygens (including phenoxy) is 1. The van der Waals surface area contributed by atoms with Crippen LogP contribution in [0.4, 0.5) is 0 Å². The first-order chi connectivity index (χ1) is 5.31. The van der Waals surface area contributed by atoms with E-state index >= 15 is 0 Å².